The van der Waals surface area contributed by atoms with E-state index in [1.54, 1.807) is 23.5 Å². The smallest absolute Gasteiger partial charge is 0.123 e. The fraction of sp³-hybridized carbons (Fsp3) is 0.364. The SMILES string of the molecule is Cc1cc(Cc2cccc(F)c2)cc([C@@H]2CCCN2Cc2cnc(C)s2)n1. The third-order valence-corrected chi connectivity index (χ3v) is 5.96. The molecule has 0 spiro atoms. The summed E-state index contributed by atoms with van der Waals surface area (Å²) in [5.41, 5.74) is 4.36. The summed E-state index contributed by atoms with van der Waals surface area (Å²) in [5.74, 6) is -0.180. The first-order valence-electron chi connectivity index (χ1n) is 9.44. The average molecular weight is 382 g/mol. The van der Waals surface area contributed by atoms with Crippen molar-refractivity contribution in [2.75, 3.05) is 6.54 Å². The van der Waals surface area contributed by atoms with E-state index in [2.05, 4.69) is 28.9 Å². The molecule has 3 nitrogen and oxygen atoms in total. The van der Waals surface area contributed by atoms with E-state index in [0.29, 0.717) is 6.04 Å². The number of halogens is 1. The van der Waals surface area contributed by atoms with Crippen LogP contribution in [0.4, 0.5) is 4.39 Å². The third-order valence-electron chi connectivity index (χ3n) is 5.06. The lowest BCUT2D eigenvalue weighted by molar-refractivity contribution is 0.246. The highest BCUT2D eigenvalue weighted by Crippen LogP contribution is 2.33. The zero-order valence-corrected chi connectivity index (χ0v) is 16.6. The van der Waals surface area contributed by atoms with Gasteiger partial charge in [0, 0.05) is 23.3 Å². The molecule has 0 unspecified atom stereocenters. The van der Waals surface area contributed by atoms with Crippen LogP contribution in [-0.2, 0) is 13.0 Å². The van der Waals surface area contributed by atoms with E-state index in [9.17, 15) is 4.39 Å². The Kier molecular flexibility index (Phi) is 5.32. The number of aromatic nitrogens is 2. The lowest BCUT2D eigenvalue weighted by Crippen LogP contribution is -2.23. The summed E-state index contributed by atoms with van der Waals surface area (Å²) in [6.45, 7) is 6.13. The van der Waals surface area contributed by atoms with Crippen molar-refractivity contribution in [3.05, 3.63) is 80.8 Å². The van der Waals surface area contributed by atoms with Crippen LogP contribution in [0.25, 0.3) is 0 Å². The predicted octanol–water partition coefficient (Wildman–Crippen LogP) is 5.22. The lowest BCUT2D eigenvalue weighted by atomic mass is 10.0. The van der Waals surface area contributed by atoms with Crippen LogP contribution in [0.2, 0.25) is 0 Å². The van der Waals surface area contributed by atoms with Gasteiger partial charge in [-0.2, -0.15) is 0 Å². The molecule has 5 heteroatoms. The van der Waals surface area contributed by atoms with Gasteiger partial charge >= 0.3 is 0 Å². The number of thiazole rings is 1. The van der Waals surface area contributed by atoms with Gasteiger partial charge in [-0.05, 0) is 75.0 Å². The molecule has 1 saturated heterocycles. The first-order chi connectivity index (χ1) is 13.1. The Bertz CT molecular complexity index is 937. The van der Waals surface area contributed by atoms with Crippen molar-refractivity contribution in [1.29, 1.82) is 0 Å². The molecule has 27 heavy (non-hydrogen) atoms. The monoisotopic (exact) mass is 381 g/mol. The fourth-order valence-electron chi connectivity index (χ4n) is 3.95. The van der Waals surface area contributed by atoms with Crippen LogP contribution in [0.15, 0.2) is 42.6 Å². The van der Waals surface area contributed by atoms with Crippen LogP contribution in [0.3, 0.4) is 0 Å². The van der Waals surface area contributed by atoms with E-state index in [-0.39, 0.29) is 5.82 Å². The Balaban J connectivity index is 1.56. The maximum atomic E-state index is 13.5. The summed E-state index contributed by atoms with van der Waals surface area (Å²) < 4.78 is 13.5. The van der Waals surface area contributed by atoms with Gasteiger partial charge in [0.25, 0.3) is 0 Å². The molecule has 4 rings (SSSR count). The highest BCUT2D eigenvalue weighted by atomic mass is 32.1. The summed E-state index contributed by atoms with van der Waals surface area (Å²) in [6, 6.07) is 11.5. The molecular formula is C22H24FN3S. The zero-order valence-electron chi connectivity index (χ0n) is 15.8. The second-order valence-corrected chi connectivity index (χ2v) is 8.64. The van der Waals surface area contributed by atoms with Gasteiger partial charge in [-0.1, -0.05) is 12.1 Å². The molecule has 1 aliphatic rings. The van der Waals surface area contributed by atoms with Gasteiger partial charge in [0.05, 0.1) is 16.7 Å². The molecule has 0 bridgehead atoms. The van der Waals surface area contributed by atoms with Crippen molar-refractivity contribution in [1.82, 2.24) is 14.9 Å². The Morgan fingerprint density at radius 3 is 2.85 bits per heavy atom. The predicted molar refractivity (Wildman–Crippen MR) is 107 cm³/mol. The summed E-state index contributed by atoms with van der Waals surface area (Å²) >= 11 is 1.77. The van der Waals surface area contributed by atoms with E-state index in [0.717, 1.165) is 47.9 Å². The first kappa shape index (κ1) is 18.3. The molecule has 1 aliphatic heterocycles. The van der Waals surface area contributed by atoms with Gasteiger partial charge < -0.3 is 0 Å². The molecule has 3 aromatic rings. The van der Waals surface area contributed by atoms with E-state index in [1.165, 1.54) is 22.9 Å². The van der Waals surface area contributed by atoms with Gasteiger partial charge in [-0.15, -0.1) is 11.3 Å². The van der Waals surface area contributed by atoms with Crippen LogP contribution in [0, 0.1) is 19.7 Å². The molecule has 140 valence electrons. The molecule has 0 aliphatic carbocycles. The van der Waals surface area contributed by atoms with Crippen LogP contribution in [0.5, 0.6) is 0 Å². The summed E-state index contributed by atoms with van der Waals surface area (Å²) in [7, 11) is 0. The fourth-order valence-corrected chi connectivity index (χ4v) is 4.77. The molecule has 0 N–H and O–H groups in total. The summed E-state index contributed by atoms with van der Waals surface area (Å²) in [4.78, 5) is 13.1. The molecule has 0 saturated carbocycles. The standard InChI is InChI=1S/C22H24FN3S/c1-15-9-18(10-17-5-3-6-19(23)11-17)12-21(25-15)22-7-4-8-26(22)14-20-13-24-16(2)27-20/h3,5-6,9,11-13,22H,4,7-8,10,14H2,1-2H3/t22-/m0/s1. The third kappa shape index (κ3) is 4.42. The minimum absolute atomic E-state index is 0.180. The molecular weight excluding hydrogens is 357 g/mol. The van der Waals surface area contributed by atoms with Crippen molar-refractivity contribution in [2.24, 2.45) is 0 Å². The topological polar surface area (TPSA) is 29.0 Å². The van der Waals surface area contributed by atoms with E-state index in [1.807, 2.05) is 19.2 Å². The van der Waals surface area contributed by atoms with Gasteiger partial charge in [-0.25, -0.2) is 9.37 Å². The number of aryl methyl sites for hydroxylation is 2. The first-order valence-corrected chi connectivity index (χ1v) is 10.3. The minimum atomic E-state index is -0.180. The van der Waals surface area contributed by atoms with Gasteiger partial charge in [0.1, 0.15) is 5.82 Å². The van der Waals surface area contributed by atoms with Gasteiger partial charge in [0.15, 0.2) is 0 Å². The molecule has 1 aromatic carbocycles. The maximum Gasteiger partial charge on any atom is 0.123 e. The van der Waals surface area contributed by atoms with E-state index in [4.69, 9.17) is 4.98 Å². The second-order valence-electron chi connectivity index (χ2n) is 7.32. The van der Waals surface area contributed by atoms with Crippen LogP contribution >= 0.6 is 11.3 Å². The number of likely N-dealkylation sites (tertiary alicyclic amines) is 1. The van der Waals surface area contributed by atoms with Crippen LogP contribution in [-0.4, -0.2) is 21.4 Å². The van der Waals surface area contributed by atoms with Crippen molar-refractivity contribution < 1.29 is 4.39 Å². The Labute approximate surface area is 163 Å². The van der Waals surface area contributed by atoms with Gasteiger partial charge in [0.2, 0.25) is 0 Å². The molecule has 3 heterocycles. The number of pyridine rings is 1. The van der Waals surface area contributed by atoms with E-state index >= 15 is 0 Å². The Morgan fingerprint density at radius 1 is 1.19 bits per heavy atom. The van der Waals surface area contributed by atoms with Crippen molar-refractivity contribution >= 4 is 11.3 Å². The van der Waals surface area contributed by atoms with Gasteiger partial charge in [-0.3, -0.25) is 9.88 Å². The molecule has 1 atom stereocenters. The molecule has 0 amide bonds. The normalized spacial score (nSPS) is 17.5. The molecule has 1 fully saturated rings. The number of hydrogen-bond acceptors (Lipinski definition) is 4. The maximum absolute atomic E-state index is 13.5. The van der Waals surface area contributed by atoms with Crippen molar-refractivity contribution in [2.45, 2.75) is 45.7 Å². The molecule has 0 radical (unpaired) electrons. The number of hydrogen-bond donors (Lipinski definition) is 0. The van der Waals surface area contributed by atoms with E-state index < -0.39 is 0 Å². The number of benzene rings is 1. The quantitative estimate of drug-likeness (QED) is 0.606. The zero-order chi connectivity index (χ0) is 18.8. The average Bonchev–Trinajstić information content (AvgIpc) is 3.24. The highest BCUT2D eigenvalue weighted by molar-refractivity contribution is 7.11. The minimum Gasteiger partial charge on any atom is -0.290 e. The van der Waals surface area contributed by atoms with Crippen LogP contribution < -0.4 is 0 Å². The molecule has 2 aromatic heterocycles. The second kappa shape index (κ2) is 7.87. The summed E-state index contributed by atoms with van der Waals surface area (Å²) in [5, 5.41) is 1.12. The van der Waals surface area contributed by atoms with Crippen LogP contribution in [0.1, 0.15) is 51.3 Å². The lowest BCUT2D eigenvalue weighted by Gasteiger charge is -2.24. The Hall–Kier alpha value is -2.11. The van der Waals surface area contributed by atoms with Crippen molar-refractivity contribution in [3.63, 3.8) is 0 Å². The largest absolute Gasteiger partial charge is 0.290 e. The Morgan fingerprint density at radius 2 is 2.07 bits per heavy atom. The number of nitrogens with zero attached hydrogens (tertiary/aromatic N) is 3. The highest BCUT2D eigenvalue weighted by Gasteiger charge is 2.28. The van der Waals surface area contributed by atoms with Crippen molar-refractivity contribution in [3.8, 4) is 0 Å². The number of rotatable bonds is 5. The summed E-state index contributed by atoms with van der Waals surface area (Å²) in [6.07, 6.45) is 5.05.